The van der Waals surface area contributed by atoms with Crippen molar-refractivity contribution < 1.29 is 4.68 Å². The van der Waals surface area contributed by atoms with Crippen molar-refractivity contribution in [3.8, 4) is 11.4 Å². The normalized spacial score (nSPS) is 10.6. The van der Waals surface area contributed by atoms with Crippen molar-refractivity contribution in [2.45, 2.75) is 26.3 Å². The highest BCUT2D eigenvalue weighted by molar-refractivity contribution is 5.51. The fourth-order valence-corrected chi connectivity index (χ4v) is 1.53. The molecule has 2 aromatic heterocycles. The third kappa shape index (κ3) is 2.24. The van der Waals surface area contributed by atoms with Gasteiger partial charge in [-0.15, -0.1) is 0 Å². The monoisotopic (exact) mass is 218 g/mol. The van der Waals surface area contributed by atoms with Gasteiger partial charge in [-0.3, -0.25) is 0 Å². The molecule has 0 amide bonds. The maximum absolute atomic E-state index is 4.35. The van der Waals surface area contributed by atoms with E-state index in [1.54, 1.807) is 11.0 Å². The molecule has 5 heteroatoms. The van der Waals surface area contributed by atoms with E-state index in [4.69, 9.17) is 0 Å². The Morgan fingerprint density at radius 1 is 1.44 bits per heavy atom. The van der Waals surface area contributed by atoms with Crippen LogP contribution in [0.4, 0.5) is 0 Å². The lowest BCUT2D eigenvalue weighted by atomic mass is 10.3. The van der Waals surface area contributed by atoms with Gasteiger partial charge in [0.05, 0.1) is 0 Å². The highest BCUT2D eigenvalue weighted by Gasteiger charge is 2.07. The number of rotatable bonds is 4. The fourth-order valence-electron chi connectivity index (χ4n) is 1.53. The summed E-state index contributed by atoms with van der Waals surface area (Å²) in [6.45, 7) is 3.14. The van der Waals surface area contributed by atoms with Crippen LogP contribution in [0.5, 0.6) is 0 Å². The molecule has 0 aliphatic carbocycles. The van der Waals surface area contributed by atoms with Crippen LogP contribution >= 0.6 is 0 Å². The number of hydrogen-bond acceptors (Lipinski definition) is 3. The molecule has 0 bridgehead atoms. The van der Waals surface area contributed by atoms with Gasteiger partial charge >= 0.3 is 0 Å². The molecule has 0 radical (unpaired) electrons. The molecule has 2 heterocycles. The van der Waals surface area contributed by atoms with Crippen molar-refractivity contribution in [1.29, 1.82) is 0 Å². The van der Waals surface area contributed by atoms with E-state index < -0.39 is 0 Å². The first kappa shape index (κ1) is 10.7. The van der Waals surface area contributed by atoms with Gasteiger partial charge in [-0.05, 0) is 5.10 Å². The lowest BCUT2D eigenvalue weighted by Crippen LogP contribution is -2.37. The van der Waals surface area contributed by atoms with Crippen molar-refractivity contribution >= 4 is 0 Å². The summed E-state index contributed by atoms with van der Waals surface area (Å²) in [7, 11) is 1.88. The molecule has 0 saturated carbocycles. The molecule has 0 saturated heterocycles. The van der Waals surface area contributed by atoms with Crippen molar-refractivity contribution in [2.24, 2.45) is 7.05 Å². The maximum Gasteiger partial charge on any atom is 0.197 e. The van der Waals surface area contributed by atoms with Crippen LogP contribution in [-0.4, -0.2) is 19.9 Å². The summed E-state index contributed by atoms with van der Waals surface area (Å²) in [6.07, 6.45) is 7.70. The van der Waals surface area contributed by atoms with Crippen molar-refractivity contribution in [1.82, 2.24) is 19.9 Å². The fraction of sp³-hybridized carbons (Fsp3) is 0.455. The van der Waals surface area contributed by atoms with E-state index in [9.17, 15) is 0 Å². The zero-order chi connectivity index (χ0) is 11.4. The van der Waals surface area contributed by atoms with Gasteiger partial charge in [0.2, 0.25) is 0 Å². The maximum atomic E-state index is 4.35. The van der Waals surface area contributed by atoms with E-state index in [0.717, 1.165) is 24.4 Å². The smallest absolute Gasteiger partial charge is 0.197 e. The van der Waals surface area contributed by atoms with Gasteiger partial charge < -0.3 is 0 Å². The van der Waals surface area contributed by atoms with Gasteiger partial charge in [0.1, 0.15) is 12.5 Å². The number of aromatic nitrogens is 5. The van der Waals surface area contributed by atoms with E-state index >= 15 is 0 Å². The Hall–Kier alpha value is -1.78. The van der Waals surface area contributed by atoms with Crippen LogP contribution in [-0.2, 0) is 13.6 Å². The molecule has 0 fully saturated rings. The highest BCUT2D eigenvalue weighted by Crippen LogP contribution is 2.11. The van der Waals surface area contributed by atoms with Gasteiger partial charge in [-0.2, -0.15) is 5.10 Å². The first-order chi connectivity index (χ1) is 7.81. The van der Waals surface area contributed by atoms with E-state index in [0.29, 0.717) is 0 Å². The summed E-state index contributed by atoms with van der Waals surface area (Å²) in [5.41, 5.74) is 0.993. The Labute approximate surface area is 94.8 Å². The van der Waals surface area contributed by atoms with E-state index in [2.05, 4.69) is 22.1 Å². The Balaban J connectivity index is 2.16. The molecule has 0 atom stereocenters. The zero-order valence-electron chi connectivity index (χ0n) is 9.67. The minimum absolute atomic E-state index is 0.843. The highest BCUT2D eigenvalue weighted by atomic mass is 15.3. The van der Waals surface area contributed by atoms with Crippen LogP contribution in [0.15, 0.2) is 24.8 Å². The SMILES string of the molecule is CCCC[n+]1ccc(-c2ncnn2C)cn1. The van der Waals surface area contributed by atoms with Gasteiger partial charge in [-0.25, -0.2) is 9.67 Å². The average Bonchev–Trinajstić information content (AvgIpc) is 2.74. The van der Waals surface area contributed by atoms with Crippen molar-refractivity contribution in [3.63, 3.8) is 0 Å². The molecule has 0 aromatic carbocycles. The van der Waals surface area contributed by atoms with Crippen LogP contribution in [0.3, 0.4) is 0 Å². The first-order valence-corrected chi connectivity index (χ1v) is 5.51. The zero-order valence-corrected chi connectivity index (χ0v) is 9.67. The van der Waals surface area contributed by atoms with Crippen LogP contribution in [0.2, 0.25) is 0 Å². The summed E-state index contributed by atoms with van der Waals surface area (Å²) in [4.78, 5) is 4.18. The number of unbranched alkanes of at least 4 members (excludes halogenated alkanes) is 1. The van der Waals surface area contributed by atoms with Crippen LogP contribution < -0.4 is 4.68 Å². The molecular formula is C11H16N5+. The van der Waals surface area contributed by atoms with E-state index in [-0.39, 0.29) is 0 Å². The molecule has 84 valence electrons. The standard InChI is InChI=1S/C11H16N5/c1-3-4-6-16-7-5-10(8-13-16)11-12-9-14-15(11)2/h5,7-9H,3-4,6H2,1-2H3/q+1. The number of hydrogen-bond donors (Lipinski definition) is 0. The lowest BCUT2D eigenvalue weighted by Gasteiger charge is -1.98. The summed E-state index contributed by atoms with van der Waals surface area (Å²) in [6, 6.07) is 2.02. The minimum atomic E-state index is 0.843. The largest absolute Gasteiger partial charge is 0.249 e. The molecule has 0 aliphatic heterocycles. The summed E-state index contributed by atoms with van der Waals surface area (Å²) in [5, 5.41) is 8.38. The lowest BCUT2D eigenvalue weighted by molar-refractivity contribution is -0.754. The molecule has 0 unspecified atom stereocenters. The summed E-state index contributed by atoms with van der Waals surface area (Å²) >= 11 is 0. The molecule has 2 rings (SSSR count). The molecule has 5 nitrogen and oxygen atoms in total. The summed E-state index contributed by atoms with van der Waals surface area (Å²) in [5.74, 6) is 0.843. The predicted molar refractivity (Wildman–Crippen MR) is 59.3 cm³/mol. The Morgan fingerprint density at radius 3 is 2.88 bits per heavy atom. The Morgan fingerprint density at radius 2 is 2.31 bits per heavy atom. The molecule has 2 aromatic rings. The van der Waals surface area contributed by atoms with Crippen molar-refractivity contribution in [3.05, 3.63) is 24.8 Å². The third-order valence-corrected chi connectivity index (χ3v) is 2.48. The van der Waals surface area contributed by atoms with Gasteiger partial charge in [0, 0.05) is 25.1 Å². The minimum Gasteiger partial charge on any atom is -0.249 e. The van der Waals surface area contributed by atoms with E-state index in [1.165, 1.54) is 6.42 Å². The molecule has 16 heavy (non-hydrogen) atoms. The summed E-state index contributed by atoms with van der Waals surface area (Å²) < 4.78 is 3.69. The Kier molecular flexibility index (Phi) is 3.24. The molecule has 0 aliphatic rings. The topological polar surface area (TPSA) is 47.5 Å². The second-order valence-corrected chi connectivity index (χ2v) is 3.74. The second-order valence-electron chi connectivity index (χ2n) is 3.74. The van der Waals surface area contributed by atoms with Crippen LogP contribution in [0, 0.1) is 0 Å². The van der Waals surface area contributed by atoms with E-state index in [1.807, 2.05) is 30.2 Å². The number of aryl methyl sites for hydroxylation is 2. The molecule has 0 spiro atoms. The van der Waals surface area contributed by atoms with Crippen LogP contribution in [0.1, 0.15) is 19.8 Å². The molecule has 0 N–H and O–H groups in total. The quantitative estimate of drug-likeness (QED) is 0.718. The predicted octanol–water partition coefficient (Wildman–Crippen LogP) is 0.965. The first-order valence-electron chi connectivity index (χ1n) is 5.51. The second kappa shape index (κ2) is 4.83. The number of nitrogens with zero attached hydrogens (tertiary/aromatic N) is 5. The van der Waals surface area contributed by atoms with Crippen molar-refractivity contribution in [2.75, 3.05) is 0 Å². The van der Waals surface area contributed by atoms with Gasteiger partial charge in [0.15, 0.2) is 18.6 Å². The van der Waals surface area contributed by atoms with Crippen LogP contribution in [0.25, 0.3) is 11.4 Å². The average molecular weight is 218 g/mol. The Bertz CT molecular complexity index is 446. The third-order valence-electron chi connectivity index (χ3n) is 2.48. The molecular weight excluding hydrogens is 202 g/mol. The van der Waals surface area contributed by atoms with Gasteiger partial charge in [0.25, 0.3) is 0 Å². The van der Waals surface area contributed by atoms with Gasteiger partial charge in [-0.1, -0.05) is 18.0 Å².